The summed E-state index contributed by atoms with van der Waals surface area (Å²) in [5.41, 5.74) is 2.91. The van der Waals surface area contributed by atoms with Gasteiger partial charge in [-0.25, -0.2) is 9.37 Å². The van der Waals surface area contributed by atoms with Crippen LogP contribution in [0.2, 0.25) is 0 Å². The largest absolute Gasteiger partial charge is 0.352 e. The Morgan fingerprint density at radius 3 is 2.55 bits per heavy atom. The number of halogens is 1. The van der Waals surface area contributed by atoms with Gasteiger partial charge in [-0.1, -0.05) is 30.3 Å². The van der Waals surface area contributed by atoms with Crippen LogP contribution in [0.5, 0.6) is 0 Å². The summed E-state index contributed by atoms with van der Waals surface area (Å²) in [5, 5.41) is 3.00. The lowest BCUT2D eigenvalue weighted by Crippen LogP contribution is -2.30. The minimum absolute atomic E-state index is 0.0110. The highest BCUT2D eigenvalue weighted by atomic mass is 19.1. The summed E-state index contributed by atoms with van der Waals surface area (Å²) < 4.78 is 13.2. The van der Waals surface area contributed by atoms with E-state index in [1.807, 2.05) is 30.3 Å². The molecule has 4 rings (SSSR count). The summed E-state index contributed by atoms with van der Waals surface area (Å²) in [7, 11) is 0. The maximum absolute atomic E-state index is 13.2. The summed E-state index contributed by atoms with van der Waals surface area (Å²) in [6.07, 6.45) is 2.35. The fourth-order valence-electron chi connectivity index (χ4n) is 3.72. The first-order chi connectivity index (χ1) is 14.1. The molecule has 1 aliphatic carbocycles. The highest BCUT2D eigenvalue weighted by Gasteiger charge is 2.25. The summed E-state index contributed by atoms with van der Waals surface area (Å²) in [5.74, 6) is -0.0469. The van der Waals surface area contributed by atoms with Gasteiger partial charge in [0, 0.05) is 23.6 Å². The third kappa shape index (κ3) is 4.42. The lowest BCUT2D eigenvalue weighted by molar-refractivity contribution is -0.125. The predicted molar refractivity (Wildman–Crippen MR) is 109 cm³/mol. The van der Waals surface area contributed by atoms with E-state index >= 15 is 0 Å². The number of aromatic nitrogens is 2. The molecule has 1 heterocycles. The first-order valence-corrected chi connectivity index (χ1v) is 9.80. The number of aryl methyl sites for hydroxylation is 1. The molecule has 0 saturated heterocycles. The second kappa shape index (κ2) is 8.39. The second-order valence-corrected chi connectivity index (χ2v) is 7.32. The van der Waals surface area contributed by atoms with Crippen LogP contribution in [-0.4, -0.2) is 15.9 Å². The zero-order chi connectivity index (χ0) is 20.2. The monoisotopic (exact) mass is 391 g/mol. The fraction of sp³-hybridized carbons (Fsp3) is 0.261. The lowest BCUT2D eigenvalue weighted by Gasteiger charge is -2.14. The van der Waals surface area contributed by atoms with E-state index in [1.54, 1.807) is 12.1 Å². The van der Waals surface area contributed by atoms with Crippen LogP contribution in [0.25, 0.3) is 11.4 Å². The molecule has 3 aromatic rings. The number of carbonyl (C=O) groups is 1. The molecule has 0 radical (unpaired) electrons. The summed E-state index contributed by atoms with van der Waals surface area (Å²) in [4.78, 5) is 32.6. The van der Waals surface area contributed by atoms with Crippen molar-refractivity contribution in [3.8, 4) is 11.4 Å². The zero-order valence-electron chi connectivity index (χ0n) is 16.0. The maximum Gasteiger partial charge on any atom is 0.254 e. The van der Waals surface area contributed by atoms with Crippen LogP contribution in [0.4, 0.5) is 4.39 Å². The van der Waals surface area contributed by atoms with Crippen LogP contribution < -0.4 is 10.9 Å². The van der Waals surface area contributed by atoms with Crippen LogP contribution in [-0.2, 0) is 24.2 Å². The van der Waals surface area contributed by atoms with E-state index in [4.69, 9.17) is 0 Å². The van der Waals surface area contributed by atoms with Crippen LogP contribution in [0, 0.1) is 11.7 Å². The second-order valence-electron chi connectivity index (χ2n) is 7.32. The van der Waals surface area contributed by atoms with Crippen molar-refractivity contribution in [2.45, 2.75) is 32.2 Å². The average molecular weight is 391 g/mol. The van der Waals surface area contributed by atoms with E-state index in [9.17, 15) is 14.0 Å². The quantitative estimate of drug-likeness (QED) is 0.670. The smallest absolute Gasteiger partial charge is 0.254 e. The summed E-state index contributed by atoms with van der Waals surface area (Å²) >= 11 is 0. The molecule has 0 aliphatic heterocycles. The topological polar surface area (TPSA) is 74.8 Å². The molecule has 1 unspecified atom stereocenters. The van der Waals surface area contributed by atoms with Gasteiger partial charge in [0.2, 0.25) is 5.91 Å². The van der Waals surface area contributed by atoms with Crippen molar-refractivity contribution in [3.63, 3.8) is 0 Å². The third-order valence-corrected chi connectivity index (χ3v) is 5.37. The number of benzene rings is 2. The molecule has 2 aromatic carbocycles. The van der Waals surface area contributed by atoms with E-state index in [0.29, 0.717) is 49.2 Å². The maximum atomic E-state index is 13.2. The number of aromatic amines is 1. The highest BCUT2D eigenvalue weighted by Crippen LogP contribution is 2.24. The Kier molecular flexibility index (Phi) is 5.51. The Labute approximate surface area is 168 Å². The number of nitrogens with zero attached hydrogens (tertiary/aromatic N) is 1. The summed E-state index contributed by atoms with van der Waals surface area (Å²) in [6.45, 7) is 0.497. The van der Waals surface area contributed by atoms with Gasteiger partial charge in [-0.3, -0.25) is 9.59 Å². The first kappa shape index (κ1) is 19.1. The molecule has 1 atom stereocenters. The van der Waals surface area contributed by atoms with Crippen molar-refractivity contribution in [1.82, 2.24) is 15.3 Å². The van der Waals surface area contributed by atoms with Gasteiger partial charge in [-0.05, 0) is 55.5 Å². The minimum Gasteiger partial charge on any atom is -0.352 e. The Bertz CT molecular complexity index is 1060. The Morgan fingerprint density at radius 1 is 1.07 bits per heavy atom. The van der Waals surface area contributed by atoms with Gasteiger partial charge in [0.15, 0.2) is 0 Å². The van der Waals surface area contributed by atoms with E-state index in [2.05, 4.69) is 15.3 Å². The zero-order valence-corrected chi connectivity index (χ0v) is 16.0. The minimum atomic E-state index is -0.338. The normalized spacial score (nSPS) is 16.0. The SMILES string of the molecule is O=C(NCc1ccccc1)C1CCc2nc(-c3ccc(F)cc3)[nH]c(=O)c2CC1. The van der Waals surface area contributed by atoms with Gasteiger partial charge >= 0.3 is 0 Å². The number of fused-ring (bicyclic) bond motifs is 1. The van der Waals surface area contributed by atoms with Crippen molar-refractivity contribution < 1.29 is 9.18 Å². The van der Waals surface area contributed by atoms with Crippen molar-refractivity contribution in [3.05, 3.63) is 87.6 Å². The first-order valence-electron chi connectivity index (χ1n) is 9.80. The molecule has 1 aromatic heterocycles. The Balaban J connectivity index is 1.47. The van der Waals surface area contributed by atoms with Crippen LogP contribution in [0.3, 0.4) is 0 Å². The highest BCUT2D eigenvalue weighted by molar-refractivity contribution is 5.78. The van der Waals surface area contributed by atoms with Crippen molar-refractivity contribution in [2.75, 3.05) is 0 Å². The van der Waals surface area contributed by atoms with Gasteiger partial charge in [-0.2, -0.15) is 0 Å². The van der Waals surface area contributed by atoms with Gasteiger partial charge in [0.05, 0.1) is 5.69 Å². The molecule has 29 heavy (non-hydrogen) atoms. The van der Waals surface area contributed by atoms with Gasteiger partial charge in [0.25, 0.3) is 5.56 Å². The third-order valence-electron chi connectivity index (χ3n) is 5.37. The molecule has 1 aliphatic rings. The standard InChI is InChI=1S/C23H22FN3O2/c24-18-10-6-16(7-11-18)21-26-20-13-9-17(8-12-19(20)23(29)27-21)22(28)25-14-15-4-2-1-3-5-15/h1-7,10-11,17H,8-9,12-14H2,(H,25,28)(H,26,27,29). The number of hydrogen-bond donors (Lipinski definition) is 2. The van der Waals surface area contributed by atoms with Crippen LogP contribution >= 0.6 is 0 Å². The van der Waals surface area contributed by atoms with E-state index in [0.717, 1.165) is 11.3 Å². The number of hydrogen-bond acceptors (Lipinski definition) is 3. The van der Waals surface area contributed by atoms with Gasteiger partial charge in [-0.15, -0.1) is 0 Å². The Morgan fingerprint density at radius 2 is 1.79 bits per heavy atom. The average Bonchev–Trinajstić information content (AvgIpc) is 2.96. The number of amides is 1. The summed E-state index contributed by atoms with van der Waals surface area (Å²) in [6, 6.07) is 15.7. The molecule has 2 N–H and O–H groups in total. The van der Waals surface area contributed by atoms with Gasteiger partial charge in [0.1, 0.15) is 11.6 Å². The molecular formula is C23H22FN3O2. The number of carbonyl (C=O) groups excluding carboxylic acids is 1. The molecule has 0 saturated carbocycles. The van der Waals surface area contributed by atoms with Crippen molar-refractivity contribution in [1.29, 1.82) is 0 Å². The molecule has 6 heteroatoms. The molecule has 148 valence electrons. The molecule has 0 bridgehead atoms. The Hall–Kier alpha value is -3.28. The predicted octanol–water partition coefficient (Wildman–Crippen LogP) is 3.39. The molecular weight excluding hydrogens is 369 g/mol. The number of rotatable bonds is 4. The van der Waals surface area contributed by atoms with Crippen LogP contribution in [0.1, 0.15) is 29.7 Å². The van der Waals surface area contributed by atoms with E-state index < -0.39 is 0 Å². The number of nitrogens with one attached hydrogen (secondary N) is 2. The lowest BCUT2D eigenvalue weighted by atomic mass is 9.98. The van der Waals surface area contributed by atoms with Crippen molar-refractivity contribution in [2.24, 2.45) is 5.92 Å². The van der Waals surface area contributed by atoms with Gasteiger partial charge < -0.3 is 10.3 Å². The number of H-pyrrole nitrogens is 1. The fourth-order valence-corrected chi connectivity index (χ4v) is 3.72. The van der Waals surface area contributed by atoms with E-state index in [1.165, 1.54) is 12.1 Å². The molecule has 0 fully saturated rings. The molecule has 1 amide bonds. The molecule has 5 nitrogen and oxygen atoms in total. The van der Waals surface area contributed by atoms with Crippen LogP contribution in [0.15, 0.2) is 59.4 Å². The van der Waals surface area contributed by atoms with Crippen molar-refractivity contribution >= 4 is 5.91 Å². The van der Waals surface area contributed by atoms with E-state index in [-0.39, 0.29) is 23.2 Å². The molecule has 0 spiro atoms.